The maximum absolute atomic E-state index is 12.1. The van der Waals surface area contributed by atoms with Gasteiger partial charge in [0.05, 0.1) is 25.5 Å². The molecule has 4 nitrogen and oxygen atoms in total. The average Bonchev–Trinajstić information content (AvgIpc) is 2.94. The maximum Gasteiger partial charge on any atom is 0.145 e. The fourth-order valence-corrected chi connectivity index (χ4v) is 2.76. The van der Waals surface area contributed by atoms with Gasteiger partial charge in [-0.1, -0.05) is 5.57 Å². The summed E-state index contributed by atoms with van der Waals surface area (Å²) in [5.41, 5.74) is 3.52. The van der Waals surface area contributed by atoms with E-state index in [1.165, 1.54) is 11.1 Å². The standard InChI is InChI=1S/C13H17NO3/c1-9-11(5-14-2-3-16-8-14)13(15)4-10-6-17-7-12(9)10/h6,11H,2-5,7-8H2,1H3. The van der Waals surface area contributed by atoms with E-state index in [0.29, 0.717) is 25.5 Å². The maximum atomic E-state index is 12.1. The van der Waals surface area contributed by atoms with Gasteiger partial charge in [0.15, 0.2) is 0 Å². The van der Waals surface area contributed by atoms with E-state index in [-0.39, 0.29) is 5.92 Å². The number of ketones is 1. The van der Waals surface area contributed by atoms with E-state index in [2.05, 4.69) is 11.8 Å². The predicted octanol–water partition coefficient (Wildman–Crippen LogP) is 1.10. The van der Waals surface area contributed by atoms with Gasteiger partial charge in [0.25, 0.3) is 0 Å². The summed E-state index contributed by atoms with van der Waals surface area (Å²) in [6.45, 7) is 5.88. The number of ether oxygens (including phenoxy) is 2. The molecule has 0 amide bonds. The minimum absolute atomic E-state index is 0.0329. The van der Waals surface area contributed by atoms with Gasteiger partial charge in [0, 0.05) is 25.1 Å². The van der Waals surface area contributed by atoms with Crippen molar-refractivity contribution in [3.05, 3.63) is 23.0 Å². The zero-order valence-electron chi connectivity index (χ0n) is 10.1. The second kappa shape index (κ2) is 4.27. The van der Waals surface area contributed by atoms with Crippen LogP contribution in [0.2, 0.25) is 0 Å². The highest BCUT2D eigenvalue weighted by atomic mass is 16.5. The lowest BCUT2D eigenvalue weighted by Crippen LogP contribution is -2.35. The number of fused-ring (bicyclic) bond motifs is 1. The van der Waals surface area contributed by atoms with Crippen LogP contribution in [0.4, 0.5) is 0 Å². The summed E-state index contributed by atoms with van der Waals surface area (Å²) in [6.07, 6.45) is 2.28. The van der Waals surface area contributed by atoms with Crippen LogP contribution in [0.15, 0.2) is 23.0 Å². The molecule has 92 valence electrons. The number of rotatable bonds is 2. The highest BCUT2D eigenvalue weighted by Crippen LogP contribution is 2.35. The van der Waals surface area contributed by atoms with Gasteiger partial charge in [-0.05, 0) is 12.5 Å². The summed E-state index contributed by atoms with van der Waals surface area (Å²) in [6, 6.07) is 0. The highest BCUT2D eigenvalue weighted by molar-refractivity contribution is 5.89. The van der Waals surface area contributed by atoms with Crippen LogP contribution in [0.3, 0.4) is 0 Å². The number of nitrogens with zero attached hydrogens (tertiary/aromatic N) is 1. The van der Waals surface area contributed by atoms with Crippen LogP contribution >= 0.6 is 0 Å². The molecule has 17 heavy (non-hydrogen) atoms. The van der Waals surface area contributed by atoms with Gasteiger partial charge >= 0.3 is 0 Å². The lowest BCUT2D eigenvalue weighted by Gasteiger charge is -2.27. The molecule has 1 unspecified atom stereocenters. The van der Waals surface area contributed by atoms with Crippen molar-refractivity contribution in [1.29, 1.82) is 0 Å². The van der Waals surface area contributed by atoms with Crippen LogP contribution in [0.5, 0.6) is 0 Å². The van der Waals surface area contributed by atoms with Crippen molar-refractivity contribution < 1.29 is 14.3 Å². The molecule has 1 fully saturated rings. The molecule has 4 heteroatoms. The van der Waals surface area contributed by atoms with Crippen LogP contribution < -0.4 is 0 Å². The first-order valence-electron chi connectivity index (χ1n) is 6.09. The molecular weight excluding hydrogens is 218 g/mol. The molecule has 0 saturated carbocycles. The Bertz CT molecular complexity index is 405. The van der Waals surface area contributed by atoms with E-state index < -0.39 is 0 Å². The van der Waals surface area contributed by atoms with Crippen molar-refractivity contribution in [3.8, 4) is 0 Å². The van der Waals surface area contributed by atoms with Gasteiger partial charge in [-0.15, -0.1) is 0 Å². The fourth-order valence-electron chi connectivity index (χ4n) is 2.76. The van der Waals surface area contributed by atoms with E-state index in [1.807, 2.05) is 0 Å². The zero-order chi connectivity index (χ0) is 11.8. The molecule has 1 atom stereocenters. The Balaban J connectivity index is 1.81. The van der Waals surface area contributed by atoms with Crippen LogP contribution in [0, 0.1) is 5.92 Å². The first kappa shape index (κ1) is 11.0. The van der Waals surface area contributed by atoms with Crippen molar-refractivity contribution in [1.82, 2.24) is 4.90 Å². The third-order valence-electron chi connectivity index (χ3n) is 3.86. The fraction of sp³-hybridized carbons (Fsp3) is 0.615. The Hall–Kier alpha value is -1.13. The first-order chi connectivity index (χ1) is 8.25. The largest absolute Gasteiger partial charge is 0.496 e. The SMILES string of the molecule is CC1=C2COC=C2CC(=O)C1CN1CCOC1. The van der Waals surface area contributed by atoms with Gasteiger partial charge in [0.1, 0.15) is 12.4 Å². The third kappa shape index (κ3) is 1.91. The van der Waals surface area contributed by atoms with Gasteiger partial charge in [-0.2, -0.15) is 0 Å². The minimum Gasteiger partial charge on any atom is -0.496 e. The molecule has 0 N–H and O–H groups in total. The molecule has 3 aliphatic rings. The Morgan fingerprint density at radius 3 is 3.18 bits per heavy atom. The topological polar surface area (TPSA) is 38.8 Å². The Kier molecular flexibility index (Phi) is 2.76. The lowest BCUT2D eigenvalue weighted by molar-refractivity contribution is -0.122. The van der Waals surface area contributed by atoms with Gasteiger partial charge in [-0.3, -0.25) is 9.69 Å². The van der Waals surface area contributed by atoms with Crippen LogP contribution in [-0.4, -0.2) is 43.7 Å². The minimum atomic E-state index is 0.0329. The third-order valence-corrected chi connectivity index (χ3v) is 3.86. The van der Waals surface area contributed by atoms with E-state index in [9.17, 15) is 4.79 Å². The summed E-state index contributed by atoms with van der Waals surface area (Å²) in [5, 5.41) is 0. The molecule has 0 aromatic heterocycles. The van der Waals surface area contributed by atoms with E-state index in [4.69, 9.17) is 9.47 Å². The van der Waals surface area contributed by atoms with E-state index in [0.717, 1.165) is 25.3 Å². The molecule has 0 radical (unpaired) electrons. The highest BCUT2D eigenvalue weighted by Gasteiger charge is 2.34. The summed E-state index contributed by atoms with van der Waals surface area (Å²) in [4.78, 5) is 14.3. The molecule has 1 saturated heterocycles. The summed E-state index contributed by atoms with van der Waals surface area (Å²) >= 11 is 0. The summed E-state index contributed by atoms with van der Waals surface area (Å²) < 4.78 is 10.6. The number of carbonyl (C=O) groups excluding carboxylic acids is 1. The van der Waals surface area contributed by atoms with Crippen molar-refractivity contribution in [2.45, 2.75) is 13.3 Å². The Labute approximate surface area is 101 Å². The van der Waals surface area contributed by atoms with Crippen LogP contribution in [0.25, 0.3) is 0 Å². The monoisotopic (exact) mass is 235 g/mol. The summed E-state index contributed by atoms with van der Waals surface area (Å²) in [5.74, 6) is 0.348. The second-order valence-corrected chi connectivity index (χ2v) is 4.93. The quantitative estimate of drug-likeness (QED) is 0.718. The predicted molar refractivity (Wildman–Crippen MR) is 62.2 cm³/mol. The Morgan fingerprint density at radius 2 is 2.41 bits per heavy atom. The smallest absolute Gasteiger partial charge is 0.145 e. The molecule has 2 aliphatic heterocycles. The Morgan fingerprint density at radius 1 is 1.53 bits per heavy atom. The van der Waals surface area contributed by atoms with E-state index in [1.54, 1.807) is 6.26 Å². The average molecular weight is 235 g/mol. The first-order valence-corrected chi connectivity index (χ1v) is 6.09. The molecule has 1 aliphatic carbocycles. The molecule has 3 rings (SSSR count). The molecular formula is C13H17NO3. The molecule has 0 aromatic rings. The van der Waals surface area contributed by atoms with Crippen molar-refractivity contribution in [2.24, 2.45) is 5.92 Å². The second-order valence-electron chi connectivity index (χ2n) is 4.93. The van der Waals surface area contributed by atoms with Crippen molar-refractivity contribution >= 4 is 5.78 Å². The van der Waals surface area contributed by atoms with Crippen LogP contribution in [0.1, 0.15) is 13.3 Å². The van der Waals surface area contributed by atoms with Crippen molar-refractivity contribution in [3.63, 3.8) is 0 Å². The number of hydrogen-bond donors (Lipinski definition) is 0. The normalized spacial score (nSPS) is 29.4. The lowest BCUT2D eigenvalue weighted by atomic mass is 9.80. The van der Waals surface area contributed by atoms with Gasteiger partial charge < -0.3 is 9.47 Å². The molecule has 0 bridgehead atoms. The number of Topliss-reactive ketones (excluding diaryl/α,β-unsaturated/α-hetero) is 1. The van der Waals surface area contributed by atoms with Gasteiger partial charge in [0.2, 0.25) is 0 Å². The van der Waals surface area contributed by atoms with Gasteiger partial charge in [-0.25, -0.2) is 0 Å². The molecule has 0 spiro atoms. The van der Waals surface area contributed by atoms with E-state index >= 15 is 0 Å². The molecule has 2 heterocycles. The zero-order valence-corrected chi connectivity index (χ0v) is 10.1. The van der Waals surface area contributed by atoms with Crippen LogP contribution in [-0.2, 0) is 14.3 Å². The number of carbonyl (C=O) groups is 1. The molecule has 0 aromatic carbocycles. The number of hydrogen-bond acceptors (Lipinski definition) is 4. The van der Waals surface area contributed by atoms with Crippen molar-refractivity contribution in [2.75, 3.05) is 33.0 Å². The summed E-state index contributed by atoms with van der Waals surface area (Å²) in [7, 11) is 0.